The van der Waals surface area contributed by atoms with Crippen molar-refractivity contribution in [3.63, 3.8) is 0 Å². The second kappa shape index (κ2) is 12.3. The molecular formula is C33H38FN7O2. The van der Waals surface area contributed by atoms with Crippen LogP contribution in [0.25, 0.3) is 11.0 Å². The molecule has 6 rings (SSSR count). The summed E-state index contributed by atoms with van der Waals surface area (Å²) in [5.74, 6) is 0.522. The van der Waals surface area contributed by atoms with Gasteiger partial charge in [0.2, 0.25) is 0 Å². The fourth-order valence-corrected chi connectivity index (χ4v) is 6.74. The number of halogens is 1. The second-order valence-corrected chi connectivity index (χ2v) is 12.2. The summed E-state index contributed by atoms with van der Waals surface area (Å²) >= 11 is 0. The van der Waals surface area contributed by atoms with Crippen LogP contribution in [0, 0.1) is 34.4 Å². The van der Waals surface area contributed by atoms with Gasteiger partial charge in [0.1, 0.15) is 34.7 Å². The monoisotopic (exact) mass is 583 g/mol. The molecule has 0 amide bonds. The molecule has 0 radical (unpaired) electrons. The molecule has 43 heavy (non-hydrogen) atoms. The zero-order valence-electron chi connectivity index (χ0n) is 24.9. The van der Waals surface area contributed by atoms with E-state index in [0.29, 0.717) is 48.4 Å². The second-order valence-electron chi connectivity index (χ2n) is 12.2. The summed E-state index contributed by atoms with van der Waals surface area (Å²) in [7, 11) is 3.56. The highest BCUT2D eigenvalue weighted by Gasteiger charge is 2.34. The lowest BCUT2D eigenvalue weighted by atomic mass is 9.88. The van der Waals surface area contributed by atoms with Gasteiger partial charge in [-0.25, -0.2) is 9.37 Å². The van der Waals surface area contributed by atoms with Gasteiger partial charge in [0, 0.05) is 63.6 Å². The molecule has 9 nitrogen and oxygen atoms in total. The van der Waals surface area contributed by atoms with Gasteiger partial charge in [-0.15, -0.1) is 0 Å². The molecule has 224 valence electrons. The maximum atomic E-state index is 14.9. The maximum Gasteiger partial charge on any atom is 0.270 e. The van der Waals surface area contributed by atoms with Crippen molar-refractivity contribution in [1.29, 1.82) is 10.5 Å². The van der Waals surface area contributed by atoms with Gasteiger partial charge in [-0.3, -0.25) is 9.69 Å². The van der Waals surface area contributed by atoms with Crippen LogP contribution in [0.4, 0.5) is 15.8 Å². The zero-order valence-corrected chi connectivity index (χ0v) is 24.9. The predicted octanol–water partition coefficient (Wildman–Crippen LogP) is 4.31. The molecule has 2 aromatic heterocycles. The van der Waals surface area contributed by atoms with E-state index in [1.807, 2.05) is 18.0 Å². The van der Waals surface area contributed by atoms with Crippen LogP contribution in [0.15, 0.2) is 35.1 Å². The van der Waals surface area contributed by atoms with Crippen molar-refractivity contribution in [3.05, 3.63) is 63.3 Å². The third-order valence-corrected chi connectivity index (χ3v) is 9.46. The Balaban J connectivity index is 1.24. The molecule has 1 aliphatic heterocycles. The Hall–Kier alpha value is -3.99. The summed E-state index contributed by atoms with van der Waals surface area (Å²) in [5.41, 5.74) is 3.35. The van der Waals surface area contributed by atoms with Gasteiger partial charge < -0.3 is 19.1 Å². The van der Waals surface area contributed by atoms with Crippen LogP contribution in [-0.4, -0.2) is 66.4 Å². The molecule has 3 aliphatic rings. The minimum atomic E-state index is -0.364. The van der Waals surface area contributed by atoms with Gasteiger partial charge in [-0.05, 0) is 74.8 Å². The number of fused-ring (bicyclic) bond motifs is 1. The zero-order chi connectivity index (χ0) is 30.1. The van der Waals surface area contributed by atoms with E-state index in [4.69, 9.17) is 4.74 Å². The minimum Gasteiger partial charge on any atom is -0.379 e. The van der Waals surface area contributed by atoms with Crippen molar-refractivity contribution in [2.45, 2.75) is 57.2 Å². The highest BCUT2D eigenvalue weighted by atomic mass is 19.1. The molecule has 0 atom stereocenters. The molecule has 3 aromatic rings. The van der Waals surface area contributed by atoms with E-state index in [1.54, 1.807) is 25.2 Å². The van der Waals surface area contributed by atoms with E-state index < -0.39 is 0 Å². The number of aryl methyl sites for hydroxylation is 1. The Morgan fingerprint density at radius 1 is 1.02 bits per heavy atom. The van der Waals surface area contributed by atoms with Crippen LogP contribution in [0.3, 0.4) is 0 Å². The van der Waals surface area contributed by atoms with Crippen LogP contribution >= 0.6 is 0 Å². The third-order valence-electron chi connectivity index (χ3n) is 9.46. The van der Waals surface area contributed by atoms with Gasteiger partial charge in [0.15, 0.2) is 0 Å². The van der Waals surface area contributed by atoms with Gasteiger partial charge >= 0.3 is 0 Å². The molecule has 3 heterocycles. The van der Waals surface area contributed by atoms with Crippen molar-refractivity contribution in [3.8, 4) is 12.1 Å². The van der Waals surface area contributed by atoms with Crippen LogP contribution in [0.2, 0.25) is 0 Å². The first-order valence-electron chi connectivity index (χ1n) is 15.3. The molecule has 2 aliphatic carbocycles. The number of nitriles is 2. The number of nitrogens with zero attached hydrogens (tertiary/aromatic N) is 7. The number of rotatable bonds is 8. The summed E-state index contributed by atoms with van der Waals surface area (Å²) in [6.07, 6.45) is 6.12. The first kappa shape index (κ1) is 29.1. The molecule has 1 saturated heterocycles. The Labute approximate surface area is 251 Å². The number of hydrogen-bond acceptors (Lipinski definition) is 8. The van der Waals surface area contributed by atoms with Crippen LogP contribution < -0.4 is 15.4 Å². The normalized spacial score (nSPS) is 20.9. The molecule has 3 fully saturated rings. The maximum absolute atomic E-state index is 14.9. The van der Waals surface area contributed by atoms with E-state index in [0.717, 1.165) is 56.6 Å². The number of hydrogen-bond donors (Lipinski definition) is 0. The Morgan fingerprint density at radius 3 is 2.42 bits per heavy atom. The topological polar surface area (TPSA) is 101 Å². The number of anilines is 2. The summed E-state index contributed by atoms with van der Waals surface area (Å²) < 4.78 is 21.8. The lowest BCUT2D eigenvalue weighted by molar-refractivity contribution is 0.0337. The smallest absolute Gasteiger partial charge is 0.270 e. The SMILES string of the molecule is Cn1c(=O)c(C#N)c(N(C)[C@H]2CC[C@H](N(CC3CC3)c3ccc(F)c(CN4CCOCC4)c3)CC2)c2nc(C#N)ccc21. The van der Waals surface area contributed by atoms with E-state index >= 15 is 0 Å². The summed E-state index contributed by atoms with van der Waals surface area (Å²) in [5, 5.41) is 19.5. The van der Waals surface area contributed by atoms with E-state index in [2.05, 4.69) is 33.0 Å². The van der Waals surface area contributed by atoms with Crippen molar-refractivity contribution >= 4 is 22.4 Å². The van der Waals surface area contributed by atoms with Crippen LogP contribution in [0.5, 0.6) is 0 Å². The Bertz CT molecular complexity index is 1640. The van der Waals surface area contributed by atoms with Crippen LogP contribution in [-0.2, 0) is 18.3 Å². The van der Waals surface area contributed by atoms with E-state index in [1.165, 1.54) is 17.4 Å². The molecule has 10 heteroatoms. The Morgan fingerprint density at radius 2 is 1.74 bits per heavy atom. The molecule has 1 aromatic carbocycles. The number of pyridine rings is 2. The van der Waals surface area contributed by atoms with Gasteiger partial charge in [0.25, 0.3) is 5.56 Å². The predicted molar refractivity (Wildman–Crippen MR) is 163 cm³/mol. The van der Waals surface area contributed by atoms with Gasteiger partial charge in [0.05, 0.1) is 24.4 Å². The third kappa shape index (κ3) is 5.95. The highest BCUT2D eigenvalue weighted by Crippen LogP contribution is 2.38. The number of benzene rings is 1. The summed E-state index contributed by atoms with van der Waals surface area (Å²) in [4.78, 5) is 24.5. The molecule has 0 spiro atoms. The van der Waals surface area contributed by atoms with Gasteiger partial charge in [-0.1, -0.05) is 0 Å². The highest BCUT2D eigenvalue weighted by molar-refractivity contribution is 5.92. The van der Waals surface area contributed by atoms with Crippen molar-refractivity contribution in [2.24, 2.45) is 13.0 Å². The average Bonchev–Trinajstić information content (AvgIpc) is 3.87. The van der Waals surface area contributed by atoms with E-state index in [9.17, 15) is 19.7 Å². The summed E-state index contributed by atoms with van der Waals surface area (Å²) in [6, 6.07) is 13.6. The molecule has 0 N–H and O–H groups in total. The van der Waals surface area contributed by atoms with Crippen molar-refractivity contribution in [1.82, 2.24) is 14.5 Å². The molecule has 0 unspecified atom stereocenters. The average molecular weight is 584 g/mol. The minimum absolute atomic E-state index is 0.0525. The lowest BCUT2D eigenvalue weighted by Crippen LogP contribution is -2.44. The first-order valence-corrected chi connectivity index (χ1v) is 15.3. The Kier molecular flexibility index (Phi) is 8.34. The fraction of sp³-hybridized carbons (Fsp3) is 0.515. The molecule has 2 saturated carbocycles. The lowest BCUT2D eigenvalue weighted by Gasteiger charge is -2.42. The van der Waals surface area contributed by atoms with E-state index in [-0.39, 0.29) is 28.7 Å². The first-order chi connectivity index (χ1) is 20.9. The summed E-state index contributed by atoms with van der Waals surface area (Å²) in [6.45, 7) is 4.57. The van der Waals surface area contributed by atoms with Crippen molar-refractivity contribution < 1.29 is 9.13 Å². The van der Waals surface area contributed by atoms with Crippen molar-refractivity contribution in [2.75, 3.05) is 49.7 Å². The standard InChI is InChI=1S/C33H38FN7O2/c1-38(32-28(19-36)33(42)39(2)30-12-5-24(18-35)37-31(30)32)25-6-8-26(9-7-25)41(20-22-3-4-22)27-10-11-29(34)23(17-27)21-40-13-15-43-16-14-40/h5,10-12,17,22,25-26H,3-4,6-9,13-16,20-21H2,1-2H3/t25-,26-. The fourth-order valence-electron chi connectivity index (χ4n) is 6.74. The number of aromatic nitrogens is 2. The molecule has 0 bridgehead atoms. The quantitative estimate of drug-likeness (QED) is 0.387. The number of morpholine rings is 1. The largest absolute Gasteiger partial charge is 0.379 e. The van der Waals surface area contributed by atoms with Crippen LogP contribution in [0.1, 0.15) is 55.3 Å². The molecular weight excluding hydrogens is 545 g/mol. The number of ether oxygens (including phenoxy) is 1. The van der Waals surface area contributed by atoms with Gasteiger partial charge in [-0.2, -0.15) is 10.5 Å².